The van der Waals surface area contributed by atoms with Crippen LogP contribution in [0, 0.1) is 0 Å². The highest BCUT2D eigenvalue weighted by atomic mass is 32.1. The molecule has 1 aliphatic heterocycles. The van der Waals surface area contributed by atoms with Crippen molar-refractivity contribution >= 4 is 11.3 Å². The summed E-state index contributed by atoms with van der Waals surface area (Å²) in [6, 6.07) is 0. The van der Waals surface area contributed by atoms with E-state index in [0.29, 0.717) is 0 Å². The molecule has 1 aromatic heterocycles. The first-order chi connectivity index (χ1) is 10.3. The van der Waals surface area contributed by atoms with Crippen LogP contribution in [-0.4, -0.2) is 59.2 Å². The standard InChI is InChI=1S/C16H27N3OS/c20-11-10-18-6-8-19(9-7-18)12-15-13-21-16(17-15)14-4-2-1-3-5-14/h13-14,20H,1-12H2. The molecule has 0 bridgehead atoms. The number of aliphatic hydroxyl groups excluding tert-OH is 1. The first-order valence-corrected chi connectivity index (χ1v) is 9.23. The van der Waals surface area contributed by atoms with E-state index in [-0.39, 0.29) is 6.61 Å². The van der Waals surface area contributed by atoms with E-state index >= 15 is 0 Å². The molecule has 5 heteroatoms. The number of β-amino-alcohol motifs (C(OH)–C–C–N with tert-alkyl or cyclic N) is 1. The third-order valence-electron chi connectivity index (χ3n) is 4.79. The second kappa shape index (κ2) is 7.68. The summed E-state index contributed by atoms with van der Waals surface area (Å²) in [7, 11) is 0. The van der Waals surface area contributed by atoms with Crippen molar-refractivity contribution in [3.8, 4) is 0 Å². The van der Waals surface area contributed by atoms with E-state index in [1.54, 1.807) is 0 Å². The lowest BCUT2D eigenvalue weighted by Crippen LogP contribution is -2.46. The van der Waals surface area contributed by atoms with Gasteiger partial charge < -0.3 is 5.11 Å². The molecule has 2 fully saturated rings. The van der Waals surface area contributed by atoms with Gasteiger partial charge in [-0.2, -0.15) is 0 Å². The molecule has 1 N–H and O–H groups in total. The molecule has 0 atom stereocenters. The zero-order chi connectivity index (χ0) is 14.5. The lowest BCUT2D eigenvalue weighted by atomic mass is 9.90. The van der Waals surface area contributed by atoms with Gasteiger partial charge in [-0.15, -0.1) is 11.3 Å². The van der Waals surface area contributed by atoms with Crippen LogP contribution >= 0.6 is 11.3 Å². The van der Waals surface area contributed by atoms with Crippen molar-refractivity contribution in [3.63, 3.8) is 0 Å². The van der Waals surface area contributed by atoms with Crippen LogP contribution in [0.2, 0.25) is 0 Å². The van der Waals surface area contributed by atoms with Gasteiger partial charge in [-0.25, -0.2) is 4.98 Å². The van der Waals surface area contributed by atoms with E-state index in [4.69, 9.17) is 10.1 Å². The van der Waals surface area contributed by atoms with E-state index in [9.17, 15) is 0 Å². The lowest BCUT2D eigenvalue weighted by Gasteiger charge is -2.33. The van der Waals surface area contributed by atoms with Gasteiger partial charge in [0.15, 0.2) is 0 Å². The van der Waals surface area contributed by atoms with E-state index < -0.39 is 0 Å². The molecule has 3 rings (SSSR count). The van der Waals surface area contributed by atoms with Crippen LogP contribution in [-0.2, 0) is 6.54 Å². The molecule has 1 aliphatic carbocycles. The summed E-state index contributed by atoms with van der Waals surface area (Å²) >= 11 is 1.87. The van der Waals surface area contributed by atoms with Crippen LogP contribution in [0.4, 0.5) is 0 Å². The van der Waals surface area contributed by atoms with Crippen LogP contribution in [0.5, 0.6) is 0 Å². The van der Waals surface area contributed by atoms with Crippen molar-refractivity contribution in [3.05, 3.63) is 16.1 Å². The number of aliphatic hydroxyl groups is 1. The molecule has 0 radical (unpaired) electrons. The molecule has 0 spiro atoms. The van der Waals surface area contributed by atoms with Crippen LogP contribution in [0.15, 0.2) is 5.38 Å². The molecule has 1 saturated heterocycles. The predicted octanol–water partition coefficient (Wildman–Crippen LogP) is 2.30. The number of thiazole rings is 1. The van der Waals surface area contributed by atoms with Crippen LogP contribution in [0.1, 0.15) is 48.7 Å². The Balaban J connectivity index is 1.48. The largest absolute Gasteiger partial charge is 0.395 e. The number of aromatic nitrogens is 1. The van der Waals surface area contributed by atoms with Gasteiger partial charge in [-0.05, 0) is 12.8 Å². The van der Waals surface area contributed by atoms with Gasteiger partial charge in [-0.1, -0.05) is 19.3 Å². The van der Waals surface area contributed by atoms with Crippen molar-refractivity contribution in [2.24, 2.45) is 0 Å². The molecule has 118 valence electrons. The second-order valence-corrected chi connectivity index (χ2v) is 7.24. The highest BCUT2D eigenvalue weighted by Crippen LogP contribution is 2.34. The summed E-state index contributed by atoms with van der Waals surface area (Å²) in [6.45, 7) is 6.41. The lowest BCUT2D eigenvalue weighted by molar-refractivity contribution is 0.108. The Morgan fingerprint density at radius 1 is 1.10 bits per heavy atom. The predicted molar refractivity (Wildman–Crippen MR) is 86.7 cm³/mol. The summed E-state index contributed by atoms with van der Waals surface area (Å²) in [5.74, 6) is 0.735. The minimum Gasteiger partial charge on any atom is -0.395 e. The summed E-state index contributed by atoms with van der Waals surface area (Å²) < 4.78 is 0. The highest BCUT2D eigenvalue weighted by molar-refractivity contribution is 7.09. The Labute approximate surface area is 131 Å². The van der Waals surface area contributed by atoms with Gasteiger partial charge in [0.2, 0.25) is 0 Å². The fourth-order valence-corrected chi connectivity index (χ4v) is 4.46. The van der Waals surface area contributed by atoms with Gasteiger partial charge >= 0.3 is 0 Å². The third kappa shape index (κ3) is 4.25. The van der Waals surface area contributed by atoms with Gasteiger partial charge in [0.1, 0.15) is 0 Å². The number of hydrogen-bond donors (Lipinski definition) is 1. The molecule has 1 aromatic rings. The smallest absolute Gasteiger partial charge is 0.0959 e. The average molecular weight is 309 g/mol. The molecule has 4 nitrogen and oxygen atoms in total. The second-order valence-electron chi connectivity index (χ2n) is 6.35. The monoisotopic (exact) mass is 309 g/mol. The summed E-state index contributed by atoms with van der Waals surface area (Å²) in [5, 5.41) is 12.6. The van der Waals surface area contributed by atoms with Gasteiger partial charge in [0.25, 0.3) is 0 Å². The number of rotatable bonds is 5. The normalized spacial score (nSPS) is 22.7. The molecular weight excluding hydrogens is 282 g/mol. The van der Waals surface area contributed by atoms with Crippen molar-refractivity contribution < 1.29 is 5.11 Å². The fourth-order valence-electron chi connectivity index (χ4n) is 3.47. The van der Waals surface area contributed by atoms with Crippen LogP contribution in [0.3, 0.4) is 0 Å². The Bertz CT molecular complexity index is 423. The number of hydrogen-bond acceptors (Lipinski definition) is 5. The zero-order valence-electron chi connectivity index (χ0n) is 12.8. The van der Waals surface area contributed by atoms with Gasteiger partial charge in [0.05, 0.1) is 17.3 Å². The van der Waals surface area contributed by atoms with Crippen molar-refractivity contribution in [2.45, 2.75) is 44.6 Å². The molecule has 0 aromatic carbocycles. The van der Waals surface area contributed by atoms with Crippen molar-refractivity contribution in [1.29, 1.82) is 0 Å². The highest BCUT2D eigenvalue weighted by Gasteiger charge is 2.20. The van der Waals surface area contributed by atoms with Crippen molar-refractivity contribution in [1.82, 2.24) is 14.8 Å². The molecule has 21 heavy (non-hydrogen) atoms. The Kier molecular flexibility index (Phi) is 5.63. The molecular formula is C16H27N3OS. The maximum atomic E-state index is 8.98. The summed E-state index contributed by atoms with van der Waals surface area (Å²) in [6.07, 6.45) is 6.85. The topological polar surface area (TPSA) is 39.6 Å². The third-order valence-corrected chi connectivity index (χ3v) is 5.85. The van der Waals surface area contributed by atoms with Gasteiger partial charge in [-0.3, -0.25) is 9.80 Å². The Morgan fingerprint density at radius 2 is 1.81 bits per heavy atom. The summed E-state index contributed by atoms with van der Waals surface area (Å²) in [5.41, 5.74) is 1.26. The molecule has 0 amide bonds. The van der Waals surface area contributed by atoms with Gasteiger partial charge in [0, 0.05) is 50.6 Å². The minimum absolute atomic E-state index is 0.275. The van der Waals surface area contributed by atoms with Crippen LogP contribution in [0.25, 0.3) is 0 Å². The molecule has 2 aliphatic rings. The quantitative estimate of drug-likeness (QED) is 0.906. The average Bonchev–Trinajstić information content (AvgIpc) is 2.99. The summed E-state index contributed by atoms with van der Waals surface area (Å²) in [4.78, 5) is 9.74. The first kappa shape index (κ1) is 15.4. The zero-order valence-corrected chi connectivity index (χ0v) is 13.7. The van der Waals surface area contributed by atoms with E-state index in [1.807, 2.05) is 11.3 Å². The molecule has 0 unspecified atom stereocenters. The Hall–Kier alpha value is -0.490. The maximum absolute atomic E-state index is 8.98. The molecule has 2 heterocycles. The fraction of sp³-hybridized carbons (Fsp3) is 0.812. The van der Waals surface area contributed by atoms with Crippen molar-refractivity contribution in [2.75, 3.05) is 39.3 Å². The van der Waals surface area contributed by atoms with E-state index in [2.05, 4.69) is 15.2 Å². The SMILES string of the molecule is OCCN1CCN(Cc2csc(C3CCCCC3)n2)CC1. The van der Waals surface area contributed by atoms with E-state index in [0.717, 1.165) is 45.2 Å². The number of nitrogens with zero attached hydrogens (tertiary/aromatic N) is 3. The van der Waals surface area contributed by atoms with E-state index in [1.165, 1.54) is 42.8 Å². The van der Waals surface area contributed by atoms with Crippen LogP contribution < -0.4 is 0 Å². The Morgan fingerprint density at radius 3 is 2.52 bits per heavy atom. The molecule has 1 saturated carbocycles. The number of piperazine rings is 1. The first-order valence-electron chi connectivity index (χ1n) is 8.35. The maximum Gasteiger partial charge on any atom is 0.0959 e. The minimum atomic E-state index is 0.275.